The van der Waals surface area contributed by atoms with E-state index in [4.69, 9.17) is 9.84 Å². The monoisotopic (exact) mass is 507 g/mol. The second kappa shape index (κ2) is 10.1. The smallest absolute Gasteiger partial charge is 0.213 e. The van der Waals surface area contributed by atoms with Crippen LogP contribution in [0, 0.1) is 11.3 Å². The number of nitriles is 1. The maximum Gasteiger partial charge on any atom is 0.213 e. The summed E-state index contributed by atoms with van der Waals surface area (Å²) in [5, 5.41) is 23.2. The van der Waals surface area contributed by atoms with Crippen LogP contribution in [0.25, 0.3) is 27.8 Å². The van der Waals surface area contributed by atoms with Crippen molar-refractivity contribution in [3.8, 4) is 34.2 Å². The van der Waals surface area contributed by atoms with E-state index in [-0.39, 0.29) is 0 Å². The maximum atomic E-state index is 9.71. The molecule has 0 amide bonds. The van der Waals surface area contributed by atoms with Crippen molar-refractivity contribution in [2.24, 2.45) is 7.05 Å². The molecular weight excluding hydrogens is 478 g/mol. The van der Waals surface area contributed by atoms with Gasteiger partial charge >= 0.3 is 0 Å². The van der Waals surface area contributed by atoms with Crippen molar-refractivity contribution in [3.05, 3.63) is 72.7 Å². The molecule has 0 saturated carbocycles. The number of piperidine rings is 1. The van der Waals surface area contributed by atoms with Gasteiger partial charge in [-0.2, -0.15) is 20.6 Å². The van der Waals surface area contributed by atoms with Gasteiger partial charge < -0.3 is 4.74 Å². The molecule has 0 bridgehead atoms. The summed E-state index contributed by atoms with van der Waals surface area (Å²) >= 11 is 0. The molecule has 0 atom stereocenters. The molecule has 0 N–H and O–H groups in total. The number of nitrogens with zero attached hydrogens (tertiary/aromatic N) is 9. The fraction of sp³-hybridized carbons (Fsp3) is 0.321. The zero-order chi connectivity index (χ0) is 26.1. The van der Waals surface area contributed by atoms with Gasteiger partial charge in [0.25, 0.3) is 0 Å². The molecule has 5 aromatic rings. The van der Waals surface area contributed by atoms with Gasteiger partial charge in [0.2, 0.25) is 5.88 Å². The van der Waals surface area contributed by atoms with Gasteiger partial charge in [-0.15, -0.1) is 0 Å². The van der Waals surface area contributed by atoms with Crippen LogP contribution in [0.1, 0.15) is 36.9 Å². The molecule has 10 nitrogen and oxygen atoms in total. The van der Waals surface area contributed by atoms with Gasteiger partial charge in [0.05, 0.1) is 42.3 Å². The number of rotatable bonds is 7. The molecule has 1 aliphatic rings. The lowest BCUT2D eigenvalue weighted by molar-refractivity contribution is 0.173. The van der Waals surface area contributed by atoms with E-state index in [1.165, 1.54) is 5.56 Å². The molecule has 5 aromatic heterocycles. The van der Waals surface area contributed by atoms with Crippen LogP contribution in [0.5, 0.6) is 5.88 Å². The Labute approximate surface area is 220 Å². The number of aromatic nitrogens is 7. The number of likely N-dealkylation sites (tertiary alicyclic amines) is 1. The van der Waals surface area contributed by atoms with Crippen LogP contribution < -0.4 is 4.74 Å². The number of hydrogen-bond acceptors (Lipinski definition) is 7. The van der Waals surface area contributed by atoms with E-state index in [0.717, 1.165) is 60.2 Å². The summed E-state index contributed by atoms with van der Waals surface area (Å²) in [6.45, 7) is 5.46. The topological polar surface area (TPSA) is 102 Å². The first-order valence-electron chi connectivity index (χ1n) is 12.9. The van der Waals surface area contributed by atoms with Crippen molar-refractivity contribution >= 4 is 5.52 Å². The molecule has 0 radical (unpaired) electrons. The standard InChI is InChI=1S/C28H29N9O/c1-3-38-27-5-4-20(12-30-27)16-35-8-6-25(7-9-35)36-19-24(15-32-36)26-10-21(23-14-31-34(2)17-23)18-37-28(26)22(11-29)13-33-37/h4-5,10,12-15,17-19,25H,3,6-9,16H2,1-2H3. The number of fused-ring (bicyclic) bond motifs is 1. The molecule has 0 spiro atoms. The Bertz CT molecular complexity index is 1600. The van der Waals surface area contributed by atoms with Crippen LogP contribution in [-0.4, -0.2) is 58.8 Å². The molecule has 1 aliphatic heterocycles. The Hall–Kier alpha value is -4.49. The lowest BCUT2D eigenvalue weighted by atomic mass is 10.0. The Balaban J connectivity index is 1.20. The van der Waals surface area contributed by atoms with Crippen LogP contribution >= 0.6 is 0 Å². The molecule has 1 saturated heterocycles. The van der Waals surface area contributed by atoms with E-state index in [0.29, 0.717) is 24.1 Å². The van der Waals surface area contributed by atoms with Crippen LogP contribution in [-0.2, 0) is 13.6 Å². The molecule has 192 valence electrons. The predicted octanol–water partition coefficient (Wildman–Crippen LogP) is 4.10. The minimum atomic E-state index is 0.330. The maximum absolute atomic E-state index is 9.71. The third-order valence-electron chi connectivity index (χ3n) is 7.11. The third kappa shape index (κ3) is 4.64. The van der Waals surface area contributed by atoms with Crippen LogP contribution in [0.3, 0.4) is 0 Å². The summed E-state index contributed by atoms with van der Waals surface area (Å²) in [5.74, 6) is 0.672. The van der Waals surface area contributed by atoms with E-state index in [9.17, 15) is 5.26 Å². The predicted molar refractivity (Wildman–Crippen MR) is 142 cm³/mol. The third-order valence-corrected chi connectivity index (χ3v) is 7.11. The number of ether oxygens (including phenoxy) is 1. The van der Waals surface area contributed by atoms with Gasteiger partial charge in [-0.05, 0) is 31.4 Å². The fourth-order valence-corrected chi connectivity index (χ4v) is 5.17. The molecule has 1 fully saturated rings. The summed E-state index contributed by atoms with van der Waals surface area (Å²) in [7, 11) is 1.90. The van der Waals surface area contributed by atoms with Crippen LogP contribution in [0.15, 0.2) is 61.6 Å². The molecule has 38 heavy (non-hydrogen) atoms. The lowest BCUT2D eigenvalue weighted by Gasteiger charge is -2.32. The average molecular weight is 508 g/mol. The minimum Gasteiger partial charge on any atom is -0.478 e. The van der Waals surface area contributed by atoms with E-state index >= 15 is 0 Å². The Morgan fingerprint density at radius 2 is 1.82 bits per heavy atom. The highest BCUT2D eigenvalue weighted by Gasteiger charge is 2.23. The zero-order valence-corrected chi connectivity index (χ0v) is 21.5. The summed E-state index contributed by atoms with van der Waals surface area (Å²) in [6, 6.07) is 8.75. The van der Waals surface area contributed by atoms with E-state index in [1.807, 2.05) is 51.0 Å². The zero-order valence-electron chi connectivity index (χ0n) is 21.5. The Morgan fingerprint density at radius 3 is 2.53 bits per heavy atom. The van der Waals surface area contributed by atoms with E-state index in [1.54, 1.807) is 15.4 Å². The summed E-state index contributed by atoms with van der Waals surface area (Å²) in [5.41, 5.74) is 6.42. The summed E-state index contributed by atoms with van der Waals surface area (Å²) in [4.78, 5) is 6.85. The summed E-state index contributed by atoms with van der Waals surface area (Å²) < 4.78 is 11.1. The molecule has 6 rings (SSSR count). The molecule has 0 aromatic carbocycles. The second-order valence-electron chi connectivity index (χ2n) is 9.66. The molecule has 0 aliphatic carbocycles. The van der Waals surface area contributed by atoms with Crippen molar-refractivity contribution in [1.82, 2.24) is 39.1 Å². The van der Waals surface area contributed by atoms with Gasteiger partial charge in [0.15, 0.2) is 0 Å². The van der Waals surface area contributed by atoms with Gasteiger partial charge in [-0.1, -0.05) is 6.07 Å². The van der Waals surface area contributed by atoms with Crippen molar-refractivity contribution in [2.45, 2.75) is 32.4 Å². The Morgan fingerprint density at radius 1 is 0.974 bits per heavy atom. The van der Waals surface area contributed by atoms with Crippen LogP contribution in [0.4, 0.5) is 0 Å². The minimum absolute atomic E-state index is 0.330. The highest BCUT2D eigenvalue weighted by Crippen LogP contribution is 2.33. The van der Waals surface area contributed by atoms with Gasteiger partial charge in [-0.25, -0.2) is 9.50 Å². The number of pyridine rings is 2. The number of hydrogen-bond donors (Lipinski definition) is 0. The van der Waals surface area contributed by atoms with E-state index in [2.05, 4.69) is 49.2 Å². The molecule has 6 heterocycles. The fourth-order valence-electron chi connectivity index (χ4n) is 5.17. The number of aryl methyl sites for hydroxylation is 1. The quantitative estimate of drug-likeness (QED) is 0.327. The van der Waals surface area contributed by atoms with Crippen molar-refractivity contribution in [2.75, 3.05) is 19.7 Å². The Kier molecular flexibility index (Phi) is 6.35. The van der Waals surface area contributed by atoms with Crippen molar-refractivity contribution < 1.29 is 4.74 Å². The first-order chi connectivity index (χ1) is 18.6. The van der Waals surface area contributed by atoms with E-state index < -0.39 is 0 Å². The molecule has 10 heteroatoms. The van der Waals surface area contributed by atoms with Gasteiger partial charge in [-0.3, -0.25) is 14.3 Å². The molecular formula is C28H29N9O. The highest BCUT2D eigenvalue weighted by molar-refractivity contribution is 5.87. The second-order valence-corrected chi connectivity index (χ2v) is 9.66. The first-order valence-corrected chi connectivity index (χ1v) is 12.9. The van der Waals surface area contributed by atoms with Crippen molar-refractivity contribution in [3.63, 3.8) is 0 Å². The van der Waals surface area contributed by atoms with Gasteiger partial charge in [0.1, 0.15) is 6.07 Å². The SMILES string of the molecule is CCOc1ccc(CN2CCC(n3cc(-c4cc(-c5cnn(C)c5)cn5ncc(C#N)c45)cn3)CC2)cn1. The lowest BCUT2D eigenvalue weighted by Crippen LogP contribution is -2.34. The van der Waals surface area contributed by atoms with Gasteiger partial charge in [0, 0.05) is 79.8 Å². The largest absolute Gasteiger partial charge is 0.478 e. The average Bonchev–Trinajstić information content (AvgIpc) is 3.70. The summed E-state index contributed by atoms with van der Waals surface area (Å²) in [6.07, 6.45) is 15.3. The first kappa shape index (κ1) is 23.9. The highest BCUT2D eigenvalue weighted by atomic mass is 16.5. The molecule has 0 unspecified atom stereocenters. The van der Waals surface area contributed by atoms with Crippen LogP contribution in [0.2, 0.25) is 0 Å². The van der Waals surface area contributed by atoms with Crippen molar-refractivity contribution in [1.29, 1.82) is 5.26 Å². The normalized spacial score (nSPS) is 14.7.